The van der Waals surface area contributed by atoms with E-state index in [2.05, 4.69) is 37.2 Å². The lowest BCUT2D eigenvalue weighted by molar-refractivity contribution is -0.137. The van der Waals surface area contributed by atoms with Gasteiger partial charge < -0.3 is 76.7 Å². The lowest BCUT2D eigenvalue weighted by Gasteiger charge is -2.39. The minimum absolute atomic E-state index is 0.00743. The van der Waals surface area contributed by atoms with Gasteiger partial charge in [-0.15, -0.1) is 0 Å². The van der Waals surface area contributed by atoms with E-state index in [1.165, 1.54) is 52.1 Å². The normalized spacial score (nSPS) is 21.0. The standard InChI is InChI=1S/C49H63N11O18/c1-25-39(42(67)38-30(24-77-47(51)71)49(73-4)43-32(56-43)22-60(49)40(38)41(25)66)58-48(72)78-23-28-5-7-29(8-6-28)55-46(70)31(21-33(50)61)57-45(69)27(3)54-44(68)26(2)53-35(63)12-15-74-17-19-76-20-18-75-16-13-52-34(62)11-14-59-36(64)9-10-37(59)65/h5-10,26-27,30-32,43,56H,11-24H2,1-4H3,(H2,50,61)(H2,51,71)(H,52,62)(H,53,63)(H,54,68)(H,55,70)(H,57,69)(H,58,72)/t26-,27-,30+,31-,32-,43-,49+/m1/s1. The fourth-order valence-corrected chi connectivity index (χ4v) is 9.05. The number of nitrogens with two attached hydrogens (primary N) is 2. The molecule has 1 aromatic carbocycles. The van der Waals surface area contributed by atoms with E-state index in [0.29, 0.717) is 12.1 Å². The summed E-state index contributed by atoms with van der Waals surface area (Å²) in [4.78, 5) is 154. The van der Waals surface area contributed by atoms with Crippen molar-refractivity contribution in [1.29, 1.82) is 0 Å². The van der Waals surface area contributed by atoms with E-state index in [0.717, 1.165) is 17.1 Å². The number of anilines is 1. The SMILES string of the molecule is CO[C@@]12[C@@H]3N[C@@H]3CN1C1=C(C(=O)C(NC(=O)OCc3ccc(NC(=O)[C@@H](CC(N)=O)NC(=O)[C@@H](C)NC(=O)[C@@H](C)NC(=O)CCOCCOCCOCCNC(=O)CCN4C(=O)C=CC4=O)cc3)=C(C)C1=O)[C@@H]2COC(N)=O. The highest BCUT2D eigenvalue weighted by Crippen LogP contribution is 2.55. The van der Waals surface area contributed by atoms with Crippen molar-refractivity contribution < 1.29 is 86.0 Å². The number of carbonyl (C=O) groups excluding carboxylic acids is 12. The molecule has 5 aliphatic rings. The summed E-state index contributed by atoms with van der Waals surface area (Å²) in [6.45, 7) is 5.06. The number of nitrogens with one attached hydrogen (secondary N) is 7. The van der Waals surface area contributed by atoms with Crippen molar-refractivity contribution in [2.24, 2.45) is 17.4 Å². The van der Waals surface area contributed by atoms with Crippen LogP contribution < -0.4 is 48.7 Å². The van der Waals surface area contributed by atoms with Crippen molar-refractivity contribution in [3.05, 3.63) is 64.5 Å². The van der Waals surface area contributed by atoms with E-state index in [-0.39, 0.29) is 125 Å². The number of benzene rings is 1. The molecule has 4 heterocycles. The number of primary amides is 2. The lowest BCUT2D eigenvalue weighted by Crippen LogP contribution is -2.55. The zero-order valence-corrected chi connectivity index (χ0v) is 43.2. The first-order chi connectivity index (χ1) is 37.2. The van der Waals surface area contributed by atoms with E-state index >= 15 is 0 Å². The van der Waals surface area contributed by atoms with Crippen LogP contribution in [-0.4, -0.2) is 190 Å². The molecular formula is C49H63N11O18. The number of methoxy groups -OCH3 is 1. The van der Waals surface area contributed by atoms with Crippen molar-refractivity contribution in [1.82, 2.24) is 41.7 Å². The molecular weight excluding hydrogens is 1030 g/mol. The number of piperazine rings is 1. The smallest absolute Gasteiger partial charge is 0.412 e. The van der Waals surface area contributed by atoms with Crippen LogP contribution in [0.3, 0.4) is 0 Å². The van der Waals surface area contributed by atoms with E-state index in [1.807, 2.05) is 0 Å². The number of imide groups is 1. The predicted octanol–water partition coefficient (Wildman–Crippen LogP) is -3.50. The molecule has 29 nitrogen and oxygen atoms in total. The summed E-state index contributed by atoms with van der Waals surface area (Å²) >= 11 is 0. The molecule has 29 heteroatoms. The molecule has 2 saturated heterocycles. The van der Waals surface area contributed by atoms with Gasteiger partial charge in [-0.05, 0) is 38.5 Å². The Labute approximate surface area is 446 Å². The molecule has 1 aliphatic carbocycles. The van der Waals surface area contributed by atoms with Crippen molar-refractivity contribution in [2.45, 2.75) is 82.6 Å². The number of alkyl carbamates (subject to hydrolysis) is 1. The number of rotatable bonds is 30. The third-order valence-corrected chi connectivity index (χ3v) is 13.1. The van der Waals surface area contributed by atoms with Gasteiger partial charge in [0, 0.05) is 74.6 Å². The number of amides is 10. The number of Topliss-reactive ketones (excluding diaryl/α,β-unsaturated/α-hetero) is 2. The Kier molecular flexibility index (Phi) is 20.3. The van der Waals surface area contributed by atoms with Gasteiger partial charge in [-0.25, -0.2) is 9.59 Å². The fraction of sp³-hybridized carbons (Fsp3) is 0.510. The predicted molar refractivity (Wildman–Crippen MR) is 266 cm³/mol. The molecule has 78 heavy (non-hydrogen) atoms. The van der Waals surface area contributed by atoms with E-state index < -0.39 is 101 Å². The largest absolute Gasteiger partial charge is 0.449 e. The van der Waals surface area contributed by atoms with Crippen molar-refractivity contribution in [3.63, 3.8) is 0 Å². The number of allylic oxidation sites excluding steroid dienone is 2. The van der Waals surface area contributed by atoms with Crippen molar-refractivity contribution in [3.8, 4) is 0 Å². The molecule has 2 fully saturated rings. The molecule has 4 aliphatic heterocycles. The first-order valence-corrected chi connectivity index (χ1v) is 24.8. The Morgan fingerprint density at radius 2 is 1.38 bits per heavy atom. The number of ether oxygens (including phenoxy) is 6. The van der Waals surface area contributed by atoms with Gasteiger partial charge in [0.05, 0.1) is 69.4 Å². The molecule has 0 saturated carbocycles. The third kappa shape index (κ3) is 14.7. The van der Waals surface area contributed by atoms with Crippen LogP contribution in [0.4, 0.5) is 15.3 Å². The monoisotopic (exact) mass is 1090 g/mol. The second kappa shape index (κ2) is 26.8. The lowest BCUT2D eigenvalue weighted by atomic mass is 9.82. The summed E-state index contributed by atoms with van der Waals surface area (Å²) in [5.41, 5.74) is 9.78. The van der Waals surface area contributed by atoms with Crippen molar-refractivity contribution in [2.75, 3.05) is 78.3 Å². The molecule has 0 unspecified atom stereocenters. The molecule has 0 aromatic heterocycles. The highest BCUT2D eigenvalue weighted by Gasteiger charge is 2.72. The molecule has 1 aromatic rings. The summed E-state index contributed by atoms with van der Waals surface area (Å²) < 4.78 is 32.6. The number of fused-ring (bicyclic) bond motifs is 4. The van der Waals surface area contributed by atoms with Gasteiger partial charge in [-0.2, -0.15) is 0 Å². The highest BCUT2D eigenvalue weighted by molar-refractivity contribution is 6.26. The van der Waals surface area contributed by atoms with Gasteiger partial charge >= 0.3 is 12.2 Å². The van der Waals surface area contributed by atoms with Crippen LogP contribution in [0.5, 0.6) is 0 Å². The average molecular weight is 1090 g/mol. The van der Waals surface area contributed by atoms with E-state index in [4.69, 9.17) is 39.9 Å². The number of hydrogen-bond donors (Lipinski definition) is 9. The van der Waals surface area contributed by atoms with E-state index in [9.17, 15) is 57.5 Å². The summed E-state index contributed by atoms with van der Waals surface area (Å²) in [6.07, 6.45) is -0.586. The molecule has 7 atom stereocenters. The first kappa shape index (κ1) is 59.1. The van der Waals surface area contributed by atoms with E-state index in [1.54, 1.807) is 4.90 Å². The summed E-state index contributed by atoms with van der Waals surface area (Å²) in [6, 6.07) is 1.79. The second-order valence-electron chi connectivity index (χ2n) is 18.4. The van der Waals surface area contributed by atoms with Gasteiger partial charge in [0.25, 0.3) is 11.8 Å². The van der Waals surface area contributed by atoms with Gasteiger partial charge in [0.15, 0.2) is 5.72 Å². The second-order valence-corrected chi connectivity index (χ2v) is 18.4. The van der Waals surface area contributed by atoms with Gasteiger partial charge in [0.1, 0.15) is 31.3 Å². The molecule has 10 amide bonds. The fourth-order valence-electron chi connectivity index (χ4n) is 9.05. The maximum Gasteiger partial charge on any atom is 0.412 e. The van der Waals surface area contributed by atoms with Gasteiger partial charge in [-0.1, -0.05) is 12.1 Å². The zero-order valence-electron chi connectivity index (χ0n) is 43.2. The first-order valence-electron chi connectivity index (χ1n) is 24.8. The third-order valence-electron chi connectivity index (χ3n) is 13.1. The zero-order chi connectivity index (χ0) is 56.8. The molecule has 0 radical (unpaired) electrons. The Balaban J connectivity index is 0.849. The molecule has 6 rings (SSSR count). The highest BCUT2D eigenvalue weighted by atomic mass is 16.6. The van der Waals surface area contributed by atoms with Crippen molar-refractivity contribution >= 4 is 76.7 Å². The minimum Gasteiger partial charge on any atom is -0.449 e. The summed E-state index contributed by atoms with van der Waals surface area (Å²) in [7, 11) is 1.43. The molecule has 0 bridgehead atoms. The van der Waals surface area contributed by atoms with Gasteiger partial charge in [0.2, 0.25) is 47.0 Å². The maximum atomic E-state index is 14.0. The van der Waals surface area contributed by atoms with Crippen LogP contribution in [0.25, 0.3) is 0 Å². The molecule has 11 N–H and O–H groups in total. The van der Waals surface area contributed by atoms with Gasteiger partial charge in [-0.3, -0.25) is 58.2 Å². The number of carbonyl (C=O) groups is 12. The molecule has 422 valence electrons. The Hall–Kier alpha value is -8.12. The Bertz CT molecular complexity index is 2640. The van der Waals surface area contributed by atoms with Crippen LogP contribution in [0.15, 0.2) is 59.0 Å². The summed E-state index contributed by atoms with van der Waals surface area (Å²) in [5.74, 6) is -7.23. The van der Waals surface area contributed by atoms with Crippen LogP contribution in [0, 0.1) is 5.92 Å². The van der Waals surface area contributed by atoms with Crippen LogP contribution in [0.1, 0.15) is 45.6 Å². The summed E-state index contributed by atoms with van der Waals surface area (Å²) in [5, 5.41) is 18.2. The number of ketones is 2. The topological polar surface area (TPSA) is 413 Å². The number of hydrogen-bond acceptors (Lipinski definition) is 20. The molecule has 0 spiro atoms. The Morgan fingerprint density at radius 3 is 2.03 bits per heavy atom. The quantitative estimate of drug-likeness (QED) is 0.0156. The number of nitrogens with zero attached hydrogens (tertiary/aromatic N) is 2. The maximum absolute atomic E-state index is 14.0. The van der Waals surface area contributed by atoms with Crippen LogP contribution in [-0.2, 0) is 83.0 Å². The minimum atomic E-state index is -1.48. The Morgan fingerprint density at radius 1 is 0.756 bits per heavy atom. The average Bonchev–Trinajstić information content (AvgIpc) is 2.76. The van der Waals surface area contributed by atoms with Crippen LogP contribution in [0.2, 0.25) is 0 Å². The van der Waals surface area contributed by atoms with Crippen LogP contribution >= 0.6 is 0 Å².